The maximum atomic E-state index is 6.33. The number of pyridine rings is 1. The highest BCUT2D eigenvalue weighted by atomic mass is 15.2. The zero-order valence-corrected chi connectivity index (χ0v) is 12.1. The molecule has 0 unspecified atom stereocenters. The minimum atomic E-state index is -0.0674. The molecule has 19 heavy (non-hydrogen) atoms. The molecule has 2 heterocycles. The Morgan fingerprint density at radius 3 is 2.58 bits per heavy atom. The number of hydrogen-bond acceptors (Lipinski definition) is 3. The van der Waals surface area contributed by atoms with Gasteiger partial charge in [-0.2, -0.15) is 0 Å². The highest BCUT2D eigenvalue weighted by molar-refractivity contribution is 5.70. The maximum absolute atomic E-state index is 6.33. The summed E-state index contributed by atoms with van der Waals surface area (Å²) in [7, 11) is 0. The van der Waals surface area contributed by atoms with E-state index >= 15 is 0 Å². The molecule has 0 aliphatic heterocycles. The lowest BCUT2D eigenvalue weighted by Crippen LogP contribution is -2.25. The molecular formula is C15H22N4. The van der Waals surface area contributed by atoms with E-state index in [-0.39, 0.29) is 5.54 Å². The smallest absolute Gasteiger partial charge is 0.132 e. The number of aryl methyl sites for hydroxylation is 1. The minimum absolute atomic E-state index is 0.0674. The van der Waals surface area contributed by atoms with Gasteiger partial charge in [0.2, 0.25) is 0 Å². The van der Waals surface area contributed by atoms with Gasteiger partial charge in [-0.1, -0.05) is 6.92 Å². The van der Waals surface area contributed by atoms with Crippen LogP contribution in [0.2, 0.25) is 0 Å². The fourth-order valence-corrected chi connectivity index (χ4v) is 2.34. The second-order valence-corrected chi connectivity index (χ2v) is 5.76. The van der Waals surface area contributed by atoms with E-state index in [1.54, 1.807) is 12.4 Å². The van der Waals surface area contributed by atoms with Crippen molar-refractivity contribution in [3.05, 3.63) is 30.4 Å². The molecule has 4 heteroatoms. The first-order valence-electron chi connectivity index (χ1n) is 6.73. The maximum Gasteiger partial charge on any atom is 0.132 e. The normalized spacial score (nSPS) is 11.8. The third-order valence-electron chi connectivity index (χ3n) is 3.06. The van der Waals surface area contributed by atoms with Gasteiger partial charge in [-0.05, 0) is 39.3 Å². The van der Waals surface area contributed by atoms with Gasteiger partial charge in [0.15, 0.2) is 0 Å². The minimum Gasteiger partial charge on any atom is -0.383 e. The summed E-state index contributed by atoms with van der Waals surface area (Å²) in [6.45, 7) is 8.60. The summed E-state index contributed by atoms with van der Waals surface area (Å²) < 4.78 is 2.14. The summed E-state index contributed by atoms with van der Waals surface area (Å²) in [6.07, 6.45) is 5.55. The van der Waals surface area contributed by atoms with Crippen LogP contribution in [0.15, 0.2) is 24.5 Å². The summed E-state index contributed by atoms with van der Waals surface area (Å²) in [5.41, 5.74) is 8.07. The van der Waals surface area contributed by atoms with Gasteiger partial charge >= 0.3 is 0 Å². The van der Waals surface area contributed by atoms with E-state index in [9.17, 15) is 0 Å². The zero-order chi connectivity index (χ0) is 14.0. The van der Waals surface area contributed by atoms with Crippen molar-refractivity contribution in [2.75, 3.05) is 5.73 Å². The van der Waals surface area contributed by atoms with Crippen LogP contribution in [-0.4, -0.2) is 14.5 Å². The lowest BCUT2D eigenvalue weighted by atomic mass is 10.1. The van der Waals surface area contributed by atoms with Crippen molar-refractivity contribution in [1.82, 2.24) is 14.5 Å². The molecule has 0 radical (unpaired) electrons. The molecule has 2 aromatic heterocycles. The molecule has 0 aliphatic rings. The van der Waals surface area contributed by atoms with Crippen molar-refractivity contribution in [3.8, 4) is 11.3 Å². The average Bonchev–Trinajstić information content (AvgIpc) is 2.67. The van der Waals surface area contributed by atoms with Crippen molar-refractivity contribution >= 4 is 5.82 Å². The van der Waals surface area contributed by atoms with Crippen LogP contribution in [0.3, 0.4) is 0 Å². The van der Waals surface area contributed by atoms with E-state index in [0.717, 1.165) is 35.7 Å². The van der Waals surface area contributed by atoms with Crippen molar-refractivity contribution in [2.24, 2.45) is 0 Å². The van der Waals surface area contributed by atoms with Gasteiger partial charge in [0.25, 0.3) is 0 Å². The fraction of sp³-hybridized carbons (Fsp3) is 0.467. The Bertz CT molecular complexity index is 550. The Kier molecular flexibility index (Phi) is 3.60. The van der Waals surface area contributed by atoms with E-state index in [0.29, 0.717) is 0 Å². The average molecular weight is 258 g/mol. The Hall–Kier alpha value is -1.84. The number of hydrogen-bond donors (Lipinski definition) is 1. The summed E-state index contributed by atoms with van der Waals surface area (Å²) in [4.78, 5) is 8.88. The second kappa shape index (κ2) is 5.03. The molecule has 0 bridgehead atoms. The fourth-order valence-electron chi connectivity index (χ4n) is 2.34. The summed E-state index contributed by atoms with van der Waals surface area (Å²) in [5.74, 6) is 1.77. The van der Waals surface area contributed by atoms with Crippen LogP contribution in [0.5, 0.6) is 0 Å². The molecule has 2 rings (SSSR count). The molecule has 4 nitrogen and oxygen atoms in total. The quantitative estimate of drug-likeness (QED) is 0.919. The number of rotatable bonds is 3. The molecule has 0 amide bonds. The number of aromatic nitrogens is 3. The summed E-state index contributed by atoms with van der Waals surface area (Å²) in [6, 6.07) is 3.90. The predicted octanol–water partition coefficient (Wildman–Crippen LogP) is 3.23. The molecule has 0 spiro atoms. The topological polar surface area (TPSA) is 56.7 Å². The Balaban J connectivity index is 2.59. The monoisotopic (exact) mass is 258 g/mol. The van der Waals surface area contributed by atoms with Crippen molar-refractivity contribution in [1.29, 1.82) is 0 Å². The van der Waals surface area contributed by atoms with E-state index in [1.165, 1.54) is 0 Å². The number of imidazole rings is 1. The second-order valence-electron chi connectivity index (χ2n) is 5.76. The predicted molar refractivity (Wildman–Crippen MR) is 78.9 cm³/mol. The molecule has 0 atom stereocenters. The summed E-state index contributed by atoms with van der Waals surface area (Å²) >= 11 is 0. The molecular weight excluding hydrogens is 236 g/mol. The lowest BCUT2D eigenvalue weighted by Gasteiger charge is -2.25. The van der Waals surface area contributed by atoms with Gasteiger partial charge in [0, 0.05) is 29.9 Å². The molecule has 0 fully saturated rings. The van der Waals surface area contributed by atoms with Gasteiger partial charge in [0.1, 0.15) is 17.3 Å². The van der Waals surface area contributed by atoms with Crippen LogP contribution < -0.4 is 5.73 Å². The van der Waals surface area contributed by atoms with Gasteiger partial charge < -0.3 is 10.3 Å². The van der Waals surface area contributed by atoms with Gasteiger partial charge in [-0.3, -0.25) is 4.98 Å². The molecule has 2 aromatic rings. The number of nitrogens with zero attached hydrogens (tertiary/aromatic N) is 3. The molecule has 102 valence electrons. The largest absolute Gasteiger partial charge is 0.383 e. The van der Waals surface area contributed by atoms with Crippen LogP contribution in [0.25, 0.3) is 11.3 Å². The summed E-state index contributed by atoms with van der Waals surface area (Å²) in [5, 5.41) is 0. The Labute approximate surface area is 114 Å². The Morgan fingerprint density at radius 1 is 1.32 bits per heavy atom. The number of nitrogens with two attached hydrogens (primary N) is 1. The highest BCUT2D eigenvalue weighted by Gasteiger charge is 2.24. The van der Waals surface area contributed by atoms with Gasteiger partial charge in [0.05, 0.1) is 0 Å². The zero-order valence-electron chi connectivity index (χ0n) is 12.1. The molecule has 0 saturated heterocycles. The third kappa shape index (κ3) is 2.62. The molecule has 0 aromatic carbocycles. The first-order chi connectivity index (χ1) is 8.95. The van der Waals surface area contributed by atoms with Crippen molar-refractivity contribution < 1.29 is 0 Å². The van der Waals surface area contributed by atoms with E-state index < -0.39 is 0 Å². The SMILES string of the molecule is CCCc1nc(-c2cccnc2)c(N)n1C(C)(C)C. The third-order valence-corrected chi connectivity index (χ3v) is 3.06. The van der Waals surface area contributed by atoms with E-state index in [1.807, 2.05) is 12.1 Å². The lowest BCUT2D eigenvalue weighted by molar-refractivity contribution is 0.387. The molecule has 2 N–H and O–H groups in total. The highest BCUT2D eigenvalue weighted by Crippen LogP contribution is 2.31. The molecule has 0 aliphatic carbocycles. The van der Waals surface area contributed by atoms with Crippen LogP contribution >= 0.6 is 0 Å². The Morgan fingerprint density at radius 2 is 2.05 bits per heavy atom. The number of nitrogen functional groups attached to an aromatic ring is 1. The first kappa shape index (κ1) is 13.6. The van der Waals surface area contributed by atoms with Crippen LogP contribution in [0.1, 0.15) is 39.9 Å². The standard InChI is InChI=1S/C15H22N4/c1-5-7-12-18-13(11-8-6-9-17-10-11)14(16)19(12)15(2,3)4/h6,8-10H,5,7,16H2,1-4H3. The molecule has 0 saturated carbocycles. The van der Waals surface area contributed by atoms with Crippen molar-refractivity contribution in [2.45, 2.75) is 46.1 Å². The van der Waals surface area contributed by atoms with Crippen LogP contribution in [0, 0.1) is 0 Å². The van der Waals surface area contributed by atoms with Crippen molar-refractivity contribution in [3.63, 3.8) is 0 Å². The number of anilines is 1. The van der Waals surface area contributed by atoms with Gasteiger partial charge in [-0.25, -0.2) is 4.98 Å². The van der Waals surface area contributed by atoms with E-state index in [2.05, 4.69) is 37.2 Å². The van der Waals surface area contributed by atoms with Crippen LogP contribution in [0.4, 0.5) is 5.82 Å². The first-order valence-corrected chi connectivity index (χ1v) is 6.73. The van der Waals surface area contributed by atoms with E-state index in [4.69, 9.17) is 10.7 Å². The van der Waals surface area contributed by atoms with Crippen LogP contribution in [-0.2, 0) is 12.0 Å². The van der Waals surface area contributed by atoms with Gasteiger partial charge in [-0.15, -0.1) is 0 Å².